The molecule has 1 aliphatic heterocycles. The number of ether oxygens (including phenoxy) is 2. The Labute approximate surface area is 130 Å². The largest absolute Gasteiger partial charge is 0.486 e. The minimum absolute atomic E-state index is 0.106. The molecule has 0 amide bonds. The lowest BCUT2D eigenvalue weighted by Gasteiger charge is -2.18. The van der Waals surface area contributed by atoms with Gasteiger partial charge in [0, 0.05) is 18.7 Å². The summed E-state index contributed by atoms with van der Waals surface area (Å²) in [5.41, 5.74) is 8.09. The molecular formula is C16H24N4O2. The number of nitrogens with two attached hydrogens (primary N) is 1. The smallest absolute Gasteiger partial charge is 0.163 e. The summed E-state index contributed by atoms with van der Waals surface area (Å²) in [6.07, 6.45) is 1.05. The van der Waals surface area contributed by atoms with E-state index in [0.717, 1.165) is 47.9 Å². The predicted molar refractivity (Wildman–Crippen MR) is 86.5 cm³/mol. The van der Waals surface area contributed by atoms with Crippen molar-refractivity contribution < 1.29 is 9.47 Å². The molecule has 120 valence electrons. The van der Waals surface area contributed by atoms with Gasteiger partial charge in [0.25, 0.3) is 0 Å². The van der Waals surface area contributed by atoms with Gasteiger partial charge in [0.1, 0.15) is 19.0 Å². The second-order valence-electron chi connectivity index (χ2n) is 6.05. The summed E-state index contributed by atoms with van der Waals surface area (Å²) in [6.45, 7) is 5.07. The Balaban J connectivity index is 2.00. The van der Waals surface area contributed by atoms with Crippen LogP contribution in [0.2, 0.25) is 0 Å². The van der Waals surface area contributed by atoms with Crippen LogP contribution in [0.4, 0.5) is 0 Å². The molecule has 1 unspecified atom stereocenters. The standard InChI is InChI=1S/C16H24N4O2/c1-11(17)16-18-12-9-14-15(22-8-7-21-14)10-13(12)20(16)6-4-5-19(2)3/h9-11H,4-8,17H2,1-3H3. The summed E-state index contributed by atoms with van der Waals surface area (Å²) < 4.78 is 13.5. The first kappa shape index (κ1) is 15.1. The number of rotatable bonds is 5. The number of fused-ring (bicyclic) bond motifs is 2. The number of imidazole rings is 1. The summed E-state index contributed by atoms with van der Waals surface area (Å²) >= 11 is 0. The van der Waals surface area contributed by atoms with E-state index in [1.807, 2.05) is 19.1 Å². The lowest BCUT2D eigenvalue weighted by Crippen LogP contribution is -2.18. The first-order chi connectivity index (χ1) is 10.6. The van der Waals surface area contributed by atoms with Gasteiger partial charge in [-0.05, 0) is 34.0 Å². The van der Waals surface area contributed by atoms with Gasteiger partial charge in [0.2, 0.25) is 0 Å². The van der Waals surface area contributed by atoms with Crippen LogP contribution < -0.4 is 15.2 Å². The van der Waals surface area contributed by atoms with Crippen molar-refractivity contribution in [3.8, 4) is 11.5 Å². The highest BCUT2D eigenvalue weighted by Gasteiger charge is 2.19. The van der Waals surface area contributed by atoms with Crippen LogP contribution in [-0.2, 0) is 6.54 Å². The van der Waals surface area contributed by atoms with Crippen LogP contribution in [0.25, 0.3) is 11.0 Å². The van der Waals surface area contributed by atoms with E-state index in [0.29, 0.717) is 13.2 Å². The van der Waals surface area contributed by atoms with Gasteiger partial charge >= 0.3 is 0 Å². The van der Waals surface area contributed by atoms with Crippen molar-refractivity contribution in [2.24, 2.45) is 5.73 Å². The maximum Gasteiger partial charge on any atom is 0.163 e. The molecule has 0 saturated heterocycles. The third kappa shape index (κ3) is 2.89. The summed E-state index contributed by atoms with van der Waals surface area (Å²) in [7, 11) is 4.17. The predicted octanol–water partition coefficient (Wildman–Crippen LogP) is 1.78. The normalized spacial score (nSPS) is 15.5. The zero-order chi connectivity index (χ0) is 15.7. The molecule has 0 bridgehead atoms. The maximum absolute atomic E-state index is 6.11. The Bertz CT molecular complexity index is 664. The molecule has 2 aromatic rings. The van der Waals surface area contributed by atoms with E-state index in [-0.39, 0.29) is 6.04 Å². The molecule has 0 aliphatic carbocycles. The fourth-order valence-corrected chi connectivity index (χ4v) is 2.81. The van der Waals surface area contributed by atoms with Crippen molar-refractivity contribution in [1.82, 2.24) is 14.5 Å². The molecule has 0 radical (unpaired) electrons. The molecule has 1 atom stereocenters. The minimum atomic E-state index is -0.106. The van der Waals surface area contributed by atoms with Crippen molar-refractivity contribution in [3.63, 3.8) is 0 Å². The highest BCUT2D eigenvalue weighted by Crippen LogP contribution is 2.35. The second kappa shape index (κ2) is 6.14. The van der Waals surface area contributed by atoms with Gasteiger partial charge in [0.15, 0.2) is 11.5 Å². The number of nitrogens with zero attached hydrogens (tertiary/aromatic N) is 3. The third-order valence-electron chi connectivity index (χ3n) is 3.84. The highest BCUT2D eigenvalue weighted by atomic mass is 16.6. The van der Waals surface area contributed by atoms with E-state index >= 15 is 0 Å². The van der Waals surface area contributed by atoms with Crippen LogP contribution in [0.5, 0.6) is 11.5 Å². The zero-order valence-electron chi connectivity index (χ0n) is 13.5. The van der Waals surface area contributed by atoms with Crippen LogP contribution in [0.15, 0.2) is 12.1 Å². The molecule has 0 fully saturated rings. The van der Waals surface area contributed by atoms with E-state index < -0.39 is 0 Å². The van der Waals surface area contributed by atoms with Gasteiger partial charge in [-0.2, -0.15) is 0 Å². The minimum Gasteiger partial charge on any atom is -0.486 e. The second-order valence-corrected chi connectivity index (χ2v) is 6.05. The first-order valence-electron chi connectivity index (χ1n) is 7.76. The average Bonchev–Trinajstić information content (AvgIpc) is 2.83. The van der Waals surface area contributed by atoms with E-state index in [4.69, 9.17) is 20.2 Å². The van der Waals surface area contributed by atoms with Crippen molar-refractivity contribution in [2.45, 2.75) is 25.9 Å². The molecule has 1 aromatic heterocycles. The zero-order valence-corrected chi connectivity index (χ0v) is 13.5. The van der Waals surface area contributed by atoms with Gasteiger partial charge in [-0.1, -0.05) is 0 Å². The molecule has 6 nitrogen and oxygen atoms in total. The summed E-state index contributed by atoms with van der Waals surface area (Å²) in [6, 6.07) is 3.88. The molecule has 6 heteroatoms. The van der Waals surface area contributed by atoms with E-state index in [1.165, 1.54) is 0 Å². The number of aryl methyl sites for hydroxylation is 1. The number of benzene rings is 1. The molecule has 3 rings (SSSR count). The van der Waals surface area contributed by atoms with E-state index in [9.17, 15) is 0 Å². The van der Waals surface area contributed by atoms with Crippen LogP contribution >= 0.6 is 0 Å². The molecule has 2 heterocycles. The quantitative estimate of drug-likeness (QED) is 0.912. The van der Waals surface area contributed by atoms with Crippen molar-refractivity contribution in [1.29, 1.82) is 0 Å². The van der Waals surface area contributed by atoms with Gasteiger partial charge in [-0.3, -0.25) is 0 Å². The molecule has 22 heavy (non-hydrogen) atoms. The van der Waals surface area contributed by atoms with Crippen molar-refractivity contribution >= 4 is 11.0 Å². The Hall–Kier alpha value is -1.79. The Morgan fingerprint density at radius 2 is 1.95 bits per heavy atom. The fraction of sp³-hybridized carbons (Fsp3) is 0.562. The number of aromatic nitrogens is 2. The maximum atomic E-state index is 6.11. The summed E-state index contributed by atoms with van der Waals surface area (Å²) in [5, 5.41) is 0. The van der Waals surface area contributed by atoms with Crippen LogP contribution in [0.3, 0.4) is 0 Å². The number of hydrogen-bond acceptors (Lipinski definition) is 5. The monoisotopic (exact) mass is 304 g/mol. The summed E-state index contributed by atoms with van der Waals surface area (Å²) in [5.74, 6) is 2.48. The average molecular weight is 304 g/mol. The molecule has 1 aromatic carbocycles. The van der Waals surface area contributed by atoms with Gasteiger partial charge in [0.05, 0.1) is 17.1 Å². The van der Waals surface area contributed by atoms with E-state index in [1.54, 1.807) is 0 Å². The van der Waals surface area contributed by atoms with Crippen LogP contribution in [-0.4, -0.2) is 48.3 Å². The van der Waals surface area contributed by atoms with Crippen molar-refractivity contribution in [3.05, 3.63) is 18.0 Å². The van der Waals surface area contributed by atoms with Crippen LogP contribution in [0, 0.1) is 0 Å². The Morgan fingerprint density at radius 1 is 1.27 bits per heavy atom. The Kier molecular flexibility index (Phi) is 4.22. The van der Waals surface area contributed by atoms with Crippen LogP contribution in [0.1, 0.15) is 25.2 Å². The number of hydrogen-bond donors (Lipinski definition) is 1. The lowest BCUT2D eigenvalue weighted by molar-refractivity contribution is 0.172. The first-order valence-corrected chi connectivity index (χ1v) is 7.76. The summed E-state index contributed by atoms with van der Waals surface area (Å²) in [4.78, 5) is 6.89. The van der Waals surface area contributed by atoms with Gasteiger partial charge in [-0.25, -0.2) is 4.98 Å². The van der Waals surface area contributed by atoms with Crippen molar-refractivity contribution in [2.75, 3.05) is 33.9 Å². The van der Waals surface area contributed by atoms with E-state index in [2.05, 4.69) is 23.6 Å². The third-order valence-corrected chi connectivity index (χ3v) is 3.84. The fourth-order valence-electron chi connectivity index (χ4n) is 2.81. The topological polar surface area (TPSA) is 65.5 Å². The Morgan fingerprint density at radius 3 is 2.59 bits per heavy atom. The molecule has 2 N–H and O–H groups in total. The SMILES string of the molecule is CC(N)c1nc2cc3c(cc2n1CCCN(C)C)OCCO3. The molecular weight excluding hydrogens is 280 g/mol. The molecule has 0 spiro atoms. The lowest BCUT2D eigenvalue weighted by atomic mass is 10.2. The van der Waals surface area contributed by atoms with Gasteiger partial charge in [-0.15, -0.1) is 0 Å². The van der Waals surface area contributed by atoms with Gasteiger partial charge < -0.3 is 24.7 Å². The molecule has 0 saturated carbocycles. The highest BCUT2D eigenvalue weighted by molar-refractivity contribution is 5.81. The molecule has 1 aliphatic rings.